The minimum atomic E-state index is -1.07. The van der Waals surface area contributed by atoms with Crippen LogP contribution in [0.1, 0.15) is 22.8 Å². The Kier molecular flexibility index (Phi) is 5.71. The van der Waals surface area contributed by atoms with E-state index in [0.717, 1.165) is 11.6 Å². The number of aryl methyl sites for hydroxylation is 1. The molecule has 7 nitrogen and oxygen atoms in total. The SMILES string of the molecule is Cc1cccc(C(=O)O[C@H](C)C(=O)Nc2ccc([N+](=O)[O-])cc2Cl)c1. The Balaban J connectivity index is 2.03. The summed E-state index contributed by atoms with van der Waals surface area (Å²) in [4.78, 5) is 34.3. The van der Waals surface area contributed by atoms with Gasteiger partial charge in [-0.3, -0.25) is 14.9 Å². The van der Waals surface area contributed by atoms with Crippen molar-refractivity contribution in [1.82, 2.24) is 0 Å². The molecule has 0 saturated heterocycles. The van der Waals surface area contributed by atoms with E-state index in [9.17, 15) is 19.7 Å². The number of ether oxygens (including phenoxy) is 1. The van der Waals surface area contributed by atoms with Gasteiger partial charge in [-0.1, -0.05) is 29.3 Å². The van der Waals surface area contributed by atoms with Crippen molar-refractivity contribution in [3.63, 3.8) is 0 Å². The first kappa shape index (κ1) is 18.4. The summed E-state index contributed by atoms with van der Waals surface area (Å²) in [7, 11) is 0. The number of carbonyl (C=O) groups excluding carboxylic acids is 2. The van der Waals surface area contributed by atoms with Crippen molar-refractivity contribution in [3.8, 4) is 0 Å². The molecule has 0 radical (unpaired) electrons. The Bertz CT molecular complexity index is 838. The van der Waals surface area contributed by atoms with Crippen LogP contribution in [-0.2, 0) is 9.53 Å². The summed E-state index contributed by atoms with van der Waals surface area (Å²) in [6.45, 7) is 3.26. The van der Waals surface area contributed by atoms with Crippen LogP contribution in [0.5, 0.6) is 0 Å². The lowest BCUT2D eigenvalue weighted by atomic mass is 10.1. The van der Waals surface area contributed by atoms with Crippen molar-refractivity contribution in [2.45, 2.75) is 20.0 Å². The molecule has 25 heavy (non-hydrogen) atoms. The first-order valence-corrected chi connectivity index (χ1v) is 7.68. The van der Waals surface area contributed by atoms with Gasteiger partial charge in [0.2, 0.25) is 0 Å². The molecule has 2 rings (SSSR count). The van der Waals surface area contributed by atoms with Crippen molar-refractivity contribution in [2.75, 3.05) is 5.32 Å². The average Bonchev–Trinajstić information content (AvgIpc) is 2.56. The van der Waals surface area contributed by atoms with Gasteiger partial charge in [-0.2, -0.15) is 0 Å². The first-order valence-electron chi connectivity index (χ1n) is 7.30. The number of hydrogen-bond acceptors (Lipinski definition) is 5. The Morgan fingerprint density at radius 3 is 2.56 bits per heavy atom. The number of nitro groups is 1. The molecule has 0 aromatic heterocycles. The molecule has 0 spiro atoms. The number of rotatable bonds is 5. The van der Waals surface area contributed by atoms with Crippen molar-refractivity contribution in [3.05, 3.63) is 68.7 Å². The number of hydrogen-bond donors (Lipinski definition) is 1. The highest BCUT2D eigenvalue weighted by atomic mass is 35.5. The number of benzene rings is 2. The number of nitrogens with zero attached hydrogens (tertiary/aromatic N) is 1. The zero-order chi connectivity index (χ0) is 18.6. The van der Waals surface area contributed by atoms with E-state index in [1.165, 1.54) is 19.1 Å². The molecule has 130 valence electrons. The monoisotopic (exact) mass is 362 g/mol. The number of amides is 1. The van der Waals surface area contributed by atoms with E-state index in [1.807, 2.05) is 13.0 Å². The minimum Gasteiger partial charge on any atom is -0.449 e. The second-order valence-electron chi connectivity index (χ2n) is 5.33. The van der Waals surface area contributed by atoms with Crippen LogP contribution in [-0.4, -0.2) is 22.9 Å². The van der Waals surface area contributed by atoms with Gasteiger partial charge in [0, 0.05) is 12.1 Å². The molecule has 0 aliphatic rings. The van der Waals surface area contributed by atoms with Crippen molar-refractivity contribution in [2.24, 2.45) is 0 Å². The Hall–Kier alpha value is -2.93. The highest BCUT2D eigenvalue weighted by Crippen LogP contribution is 2.26. The average molecular weight is 363 g/mol. The standard InChI is InChI=1S/C17H15ClN2O5/c1-10-4-3-5-12(8-10)17(22)25-11(2)16(21)19-15-7-6-13(20(23)24)9-14(15)18/h3-9,11H,1-2H3,(H,19,21)/t11-/m1/s1. The molecule has 0 bridgehead atoms. The molecule has 1 atom stereocenters. The fourth-order valence-electron chi connectivity index (χ4n) is 2.01. The molecular weight excluding hydrogens is 348 g/mol. The molecule has 0 unspecified atom stereocenters. The topological polar surface area (TPSA) is 98.5 Å². The molecule has 0 aliphatic heterocycles. The third-order valence-corrected chi connectivity index (χ3v) is 3.64. The molecule has 1 N–H and O–H groups in total. The highest BCUT2D eigenvalue weighted by molar-refractivity contribution is 6.34. The highest BCUT2D eigenvalue weighted by Gasteiger charge is 2.20. The van der Waals surface area contributed by atoms with Gasteiger partial charge in [0.15, 0.2) is 6.10 Å². The predicted octanol–water partition coefficient (Wildman–Crippen LogP) is 3.74. The van der Waals surface area contributed by atoms with E-state index in [1.54, 1.807) is 18.2 Å². The molecule has 0 aliphatic carbocycles. The van der Waals surface area contributed by atoms with Crippen LogP contribution in [0.4, 0.5) is 11.4 Å². The van der Waals surface area contributed by atoms with Crippen LogP contribution in [0.2, 0.25) is 5.02 Å². The first-order chi connectivity index (χ1) is 11.8. The van der Waals surface area contributed by atoms with Crippen LogP contribution in [0, 0.1) is 17.0 Å². The van der Waals surface area contributed by atoms with E-state index in [2.05, 4.69) is 5.32 Å². The third kappa shape index (κ3) is 4.77. The van der Waals surface area contributed by atoms with Crippen LogP contribution in [0.25, 0.3) is 0 Å². The molecule has 0 heterocycles. The molecule has 0 fully saturated rings. The zero-order valence-corrected chi connectivity index (χ0v) is 14.2. The number of nitro benzene ring substituents is 1. The Morgan fingerprint density at radius 2 is 1.96 bits per heavy atom. The lowest BCUT2D eigenvalue weighted by molar-refractivity contribution is -0.384. The van der Waals surface area contributed by atoms with Crippen molar-refractivity contribution < 1.29 is 19.2 Å². The van der Waals surface area contributed by atoms with E-state index >= 15 is 0 Å². The van der Waals surface area contributed by atoms with Crippen LogP contribution in [0.3, 0.4) is 0 Å². The maximum atomic E-state index is 12.1. The number of anilines is 1. The Morgan fingerprint density at radius 1 is 1.24 bits per heavy atom. The van der Waals surface area contributed by atoms with Crippen molar-refractivity contribution in [1.29, 1.82) is 0 Å². The van der Waals surface area contributed by atoms with Gasteiger partial charge in [-0.15, -0.1) is 0 Å². The van der Waals surface area contributed by atoms with E-state index in [0.29, 0.717) is 5.56 Å². The van der Waals surface area contributed by atoms with Gasteiger partial charge in [-0.05, 0) is 32.0 Å². The molecule has 8 heteroatoms. The van der Waals surface area contributed by atoms with E-state index in [4.69, 9.17) is 16.3 Å². The maximum Gasteiger partial charge on any atom is 0.338 e. The maximum absolute atomic E-state index is 12.1. The van der Waals surface area contributed by atoms with Crippen LogP contribution >= 0.6 is 11.6 Å². The zero-order valence-electron chi connectivity index (χ0n) is 13.5. The van der Waals surface area contributed by atoms with Gasteiger partial charge in [0.05, 0.1) is 21.2 Å². The molecular formula is C17H15ClN2O5. The lowest BCUT2D eigenvalue weighted by Crippen LogP contribution is -2.30. The summed E-state index contributed by atoms with van der Waals surface area (Å²) in [5.74, 6) is -1.22. The number of esters is 1. The summed E-state index contributed by atoms with van der Waals surface area (Å²) in [5.41, 5.74) is 1.23. The van der Waals surface area contributed by atoms with Crippen LogP contribution < -0.4 is 5.32 Å². The number of non-ortho nitro benzene ring substituents is 1. The quantitative estimate of drug-likeness (QED) is 0.496. The van der Waals surface area contributed by atoms with Gasteiger partial charge >= 0.3 is 5.97 Å². The predicted molar refractivity (Wildman–Crippen MR) is 92.8 cm³/mol. The molecule has 1 amide bonds. The van der Waals surface area contributed by atoms with E-state index in [-0.39, 0.29) is 16.4 Å². The second-order valence-corrected chi connectivity index (χ2v) is 5.73. The molecule has 2 aromatic rings. The summed E-state index contributed by atoms with van der Waals surface area (Å²) >= 11 is 5.91. The smallest absolute Gasteiger partial charge is 0.338 e. The number of nitrogens with one attached hydrogen (secondary N) is 1. The van der Waals surface area contributed by atoms with E-state index < -0.39 is 22.9 Å². The summed E-state index contributed by atoms with van der Waals surface area (Å²) in [6, 6.07) is 10.4. The third-order valence-electron chi connectivity index (χ3n) is 3.33. The number of halogens is 1. The van der Waals surface area contributed by atoms with Gasteiger partial charge in [-0.25, -0.2) is 4.79 Å². The lowest BCUT2D eigenvalue weighted by Gasteiger charge is -2.14. The van der Waals surface area contributed by atoms with Gasteiger partial charge < -0.3 is 10.1 Å². The minimum absolute atomic E-state index is 0.0137. The van der Waals surface area contributed by atoms with Crippen LogP contribution in [0.15, 0.2) is 42.5 Å². The fraction of sp³-hybridized carbons (Fsp3) is 0.176. The Labute approximate surface area is 148 Å². The number of carbonyl (C=O) groups is 2. The second kappa shape index (κ2) is 7.76. The summed E-state index contributed by atoms with van der Waals surface area (Å²) in [5, 5.41) is 13.2. The van der Waals surface area contributed by atoms with Gasteiger partial charge in [0.1, 0.15) is 0 Å². The fourth-order valence-corrected chi connectivity index (χ4v) is 2.23. The molecule has 0 saturated carbocycles. The van der Waals surface area contributed by atoms with Crippen molar-refractivity contribution >= 4 is 34.9 Å². The largest absolute Gasteiger partial charge is 0.449 e. The normalized spacial score (nSPS) is 11.5. The summed E-state index contributed by atoms with van der Waals surface area (Å²) < 4.78 is 5.12. The summed E-state index contributed by atoms with van der Waals surface area (Å²) in [6.07, 6.45) is -1.07. The van der Waals surface area contributed by atoms with Gasteiger partial charge in [0.25, 0.3) is 11.6 Å². The molecule has 2 aromatic carbocycles.